The van der Waals surface area contributed by atoms with E-state index in [1.807, 2.05) is 13.0 Å². The van der Waals surface area contributed by atoms with Gasteiger partial charge in [0.05, 0.1) is 48.8 Å². The van der Waals surface area contributed by atoms with Gasteiger partial charge in [0, 0.05) is 12.0 Å². The molecule has 2 fully saturated rings. The van der Waals surface area contributed by atoms with Gasteiger partial charge in [0.1, 0.15) is 6.10 Å². The smallest absolute Gasteiger partial charge is 0.334 e. The van der Waals surface area contributed by atoms with Crippen molar-refractivity contribution in [2.24, 2.45) is 0 Å². The predicted molar refractivity (Wildman–Crippen MR) is 177 cm³/mol. The summed E-state index contributed by atoms with van der Waals surface area (Å²) in [6.45, 7) is 4.06. The molecule has 0 aromatic heterocycles. The summed E-state index contributed by atoms with van der Waals surface area (Å²) < 4.78 is 17.7. The van der Waals surface area contributed by atoms with Crippen molar-refractivity contribution in [3.8, 4) is 0 Å². The van der Waals surface area contributed by atoms with Crippen molar-refractivity contribution in [2.45, 2.75) is 216 Å². The third kappa shape index (κ3) is 14.7. The first-order valence-electron chi connectivity index (χ1n) is 18.7. The second kappa shape index (κ2) is 21.8. The minimum Gasteiger partial charge on any atom is -0.455 e. The van der Waals surface area contributed by atoms with Gasteiger partial charge in [-0.1, -0.05) is 90.4 Å². The molecule has 3 aliphatic heterocycles. The van der Waals surface area contributed by atoms with E-state index >= 15 is 0 Å². The molecule has 0 aromatic carbocycles. The predicted octanol–water partition coefficient (Wildman–Crippen LogP) is 6.83. The lowest BCUT2D eigenvalue weighted by molar-refractivity contribution is -0.139. The monoisotopic (exact) mass is 638 g/mol. The number of carbonyl (C=O) groups excluding carboxylic acids is 1. The number of unbranched alkanes of at least 4 members (excludes halogenated alkanes) is 11. The molecule has 3 aliphatic rings. The zero-order valence-electron chi connectivity index (χ0n) is 28.5. The molecule has 0 aliphatic carbocycles. The Morgan fingerprint density at radius 1 is 0.711 bits per heavy atom. The zero-order valence-corrected chi connectivity index (χ0v) is 28.5. The van der Waals surface area contributed by atoms with E-state index in [1.165, 1.54) is 38.5 Å². The molecule has 0 bridgehead atoms. The molecule has 3 rings (SSSR count). The second-order valence-corrected chi connectivity index (χ2v) is 14.2. The standard InChI is InChI=1S/C37H66O8/c1-3-4-5-6-7-8-12-15-18-31(39)32(40)20-21-33(41)34-23-24-36(45-34)35-22-19-30(44-35)17-14-11-9-10-13-16-29(38)26-28-25-27(2)43-37(28)42/h25,27,29-36,38-41H,3-24,26H2,1-2H3/t27-,29+,30+,31+,32-,33+,34+,35-,36-/m1/s1. The maximum atomic E-state index is 11.7. The van der Waals surface area contributed by atoms with Gasteiger partial charge in [0.15, 0.2) is 0 Å². The molecule has 8 nitrogen and oxygen atoms in total. The van der Waals surface area contributed by atoms with Gasteiger partial charge in [-0.3, -0.25) is 0 Å². The highest BCUT2D eigenvalue weighted by Gasteiger charge is 2.39. The van der Waals surface area contributed by atoms with Crippen molar-refractivity contribution in [2.75, 3.05) is 0 Å². The molecule has 0 unspecified atom stereocenters. The van der Waals surface area contributed by atoms with E-state index in [-0.39, 0.29) is 36.5 Å². The van der Waals surface area contributed by atoms with Crippen molar-refractivity contribution in [1.29, 1.82) is 0 Å². The Hall–Kier alpha value is -1.03. The van der Waals surface area contributed by atoms with E-state index in [0.717, 1.165) is 77.0 Å². The van der Waals surface area contributed by atoms with Crippen molar-refractivity contribution < 1.29 is 39.4 Å². The topological polar surface area (TPSA) is 126 Å². The lowest BCUT2D eigenvalue weighted by atomic mass is 9.97. The van der Waals surface area contributed by atoms with Crippen molar-refractivity contribution in [3.63, 3.8) is 0 Å². The lowest BCUT2D eigenvalue weighted by Gasteiger charge is -2.24. The average Bonchev–Trinajstić information content (AvgIpc) is 3.76. The van der Waals surface area contributed by atoms with E-state index in [1.54, 1.807) is 0 Å². The summed E-state index contributed by atoms with van der Waals surface area (Å²) in [5, 5.41) is 41.8. The molecule has 2 saturated heterocycles. The summed E-state index contributed by atoms with van der Waals surface area (Å²) in [5.41, 5.74) is 0.606. The van der Waals surface area contributed by atoms with Crippen LogP contribution in [0.2, 0.25) is 0 Å². The van der Waals surface area contributed by atoms with E-state index in [2.05, 4.69) is 6.92 Å². The van der Waals surface area contributed by atoms with Crippen LogP contribution in [0, 0.1) is 0 Å². The Labute approximate surface area is 273 Å². The Morgan fingerprint density at radius 3 is 2.00 bits per heavy atom. The maximum Gasteiger partial charge on any atom is 0.334 e. The van der Waals surface area contributed by atoms with E-state index in [4.69, 9.17) is 14.2 Å². The molecular formula is C37H66O8. The van der Waals surface area contributed by atoms with Crippen LogP contribution in [0.25, 0.3) is 0 Å². The molecule has 45 heavy (non-hydrogen) atoms. The number of hydrogen-bond donors (Lipinski definition) is 4. The molecule has 3 heterocycles. The van der Waals surface area contributed by atoms with Crippen LogP contribution in [-0.2, 0) is 19.0 Å². The summed E-state index contributed by atoms with van der Waals surface area (Å²) in [6, 6.07) is 0. The first kappa shape index (κ1) is 38.4. The fourth-order valence-electron chi connectivity index (χ4n) is 7.28. The Kier molecular flexibility index (Phi) is 18.6. The van der Waals surface area contributed by atoms with Crippen molar-refractivity contribution in [1.82, 2.24) is 0 Å². The number of aliphatic hydroxyl groups is 4. The summed E-state index contributed by atoms with van der Waals surface area (Å²) in [4.78, 5) is 11.7. The van der Waals surface area contributed by atoms with Crippen LogP contribution in [0.4, 0.5) is 0 Å². The number of carbonyl (C=O) groups is 1. The average molecular weight is 639 g/mol. The number of cyclic esters (lactones) is 1. The number of hydrogen-bond acceptors (Lipinski definition) is 8. The van der Waals surface area contributed by atoms with Crippen LogP contribution in [0.15, 0.2) is 11.6 Å². The fourth-order valence-corrected chi connectivity index (χ4v) is 7.28. The van der Waals surface area contributed by atoms with Gasteiger partial charge in [-0.2, -0.15) is 0 Å². The van der Waals surface area contributed by atoms with Crippen LogP contribution in [0.5, 0.6) is 0 Å². The summed E-state index contributed by atoms with van der Waals surface area (Å²) in [7, 11) is 0. The molecular weight excluding hydrogens is 572 g/mol. The van der Waals surface area contributed by atoms with Gasteiger partial charge in [-0.05, 0) is 70.8 Å². The Bertz CT molecular complexity index is 833. The Morgan fingerprint density at radius 2 is 1.31 bits per heavy atom. The fraction of sp³-hybridized carbons (Fsp3) is 0.919. The lowest BCUT2D eigenvalue weighted by Crippen LogP contribution is -2.33. The SMILES string of the molecule is CCCCCCCCCC[C@H](O)[C@H](O)CC[C@H](O)[C@@H]1CC[C@H]([C@H]2CC[C@H](CCCCCCC[C@H](O)CC3=C[C@@H](C)OC3=O)O2)O1. The quantitative estimate of drug-likeness (QED) is 0.0634. The summed E-state index contributed by atoms with van der Waals surface area (Å²) in [6.07, 6.45) is 21.8. The zero-order chi connectivity index (χ0) is 32.4. The van der Waals surface area contributed by atoms with Gasteiger partial charge >= 0.3 is 5.97 Å². The van der Waals surface area contributed by atoms with Gasteiger partial charge in [-0.15, -0.1) is 0 Å². The molecule has 0 amide bonds. The molecule has 0 radical (unpaired) electrons. The second-order valence-electron chi connectivity index (χ2n) is 14.2. The van der Waals surface area contributed by atoms with Crippen molar-refractivity contribution in [3.05, 3.63) is 11.6 Å². The van der Waals surface area contributed by atoms with Crippen LogP contribution in [0.1, 0.15) is 162 Å². The molecule has 0 saturated carbocycles. The number of aliphatic hydroxyl groups excluding tert-OH is 4. The summed E-state index contributed by atoms with van der Waals surface area (Å²) in [5.74, 6) is -0.290. The van der Waals surface area contributed by atoms with Crippen LogP contribution in [0.3, 0.4) is 0 Å². The van der Waals surface area contributed by atoms with Crippen LogP contribution in [-0.4, -0.2) is 81.3 Å². The largest absolute Gasteiger partial charge is 0.455 e. The highest BCUT2D eigenvalue weighted by molar-refractivity contribution is 5.90. The molecule has 9 atom stereocenters. The minimum atomic E-state index is -0.794. The van der Waals surface area contributed by atoms with Crippen molar-refractivity contribution >= 4 is 5.97 Å². The van der Waals surface area contributed by atoms with E-state index in [0.29, 0.717) is 37.7 Å². The minimum absolute atomic E-state index is 0.0311. The van der Waals surface area contributed by atoms with Gasteiger partial charge in [-0.25, -0.2) is 4.79 Å². The number of esters is 1. The highest BCUT2D eigenvalue weighted by Crippen LogP contribution is 2.34. The van der Waals surface area contributed by atoms with Crippen LogP contribution < -0.4 is 0 Å². The molecule has 0 spiro atoms. The highest BCUT2D eigenvalue weighted by atomic mass is 16.6. The molecule has 262 valence electrons. The normalized spacial score (nSPS) is 27.8. The summed E-state index contributed by atoms with van der Waals surface area (Å²) >= 11 is 0. The first-order chi connectivity index (χ1) is 21.8. The van der Waals surface area contributed by atoms with Gasteiger partial charge in [0.25, 0.3) is 0 Å². The molecule has 8 heteroatoms. The van der Waals surface area contributed by atoms with Gasteiger partial charge in [0.2, 0.25) is 0 Å². The Balaban J connectivity index is 1.17. The van der Waals surface area contributed by atoms with E-state index < -0.39 is 24.4 Å². The molecule has 4 N–H and O–H groups in total. The third-order valence-corrected chi connectivity index (χ3v) is 10.1. The first-order valence-corrected chi connectivity index (χ1v) is 18.7. The van der Waals surface area contributed by atoms with Crippen LogP contribution >= 0.6 is 0 Å². The van der Waals surface area contributed by atoms with Gasteiger partial charge < -0.3 is 34.6 Å². The molecule has 0 aromatic rings. The maximum absolute atomic E-state index is 11.7. The van der Waals surface area contributed by atoms with E-state index in [9.17, 15) is 25.2 Å². The number of ether oxygens (including phenoxy) is 3. The third-order valence-electron chi connectivity index (χ3n) is 10.1. The number of rotatable bonds is 25.